The van der Waals surface area contributed by atoms with E-state index in [2.05, 4.69) is 10.6 Å². The van der Waals surface area contributed by atoms with E-state index in [0.29, 0.717) is 26.2 Å². The van der Waals surface area contributed by atoms with Crippen molar-refractivity contribution in [3.63, 3.8) is 0 Å². The molecular weight excluding hydrogens is 258 g/mol. The predicted octanol–water partition coefficient (Wildman–Crippen LogP) is -0.961. The molecule has 1 unspecified atom stereocenters. The van der Waals surface area contributed by atoms with Crippen molar-refractivity contribution in [1.82, 2.24) is 5.32 Å². The topological polar surface area (TPSA) is 71.9 Å². The van der Waals surface area contributed by atoms with Gasteiger partial charge in [-0.3, -0.25) is 9.59 Å². The number of benzene rings is 1. The molecule has 1 fully saturated rings. The average Bonchev–Trinajstić information content (AvgIpc) is 2.41. The Morgan fingerprint density at radius 1 is 1.40 bits per heavy atom. The second-order valence-electron chi connectivity index (χ2n) is 4.71. The van der Waals surface area contributed by atoms with Crippen LogP contribution in [0.2, 0.25) is 0 Å². The van der Waals surface area contributed by atoms with Crippen LogP contribution in [0.3, 0.4) is 0 Å². The van der Waals surface area contributed by atoms with Crippen molar-refractivity contribution >= 4 is 17.5 Å². The summed E-state index contributed by atoms with van der Waals surface area (Å²) in [5.41, 5.74) is 0.735. The van der Waals surface area contributed by atoms with Gasteiger partial charge in [0.05, 0.1) is 19.7 Å². The molecule has 6 nitrogen and oxygen atoms in total. The summed E-state index contributed by atoms with van der Waals surface area (Å²) >= 11 is 0. The third kappa shape index (κ3) is 4.24. The van der Waals surface area contributed by atoms with Crippen molar-refractivity contribution in [1.29, 1.82) is 0 Å². The van der Waals surface area contributed by atoms with Crippen molar-refractivity contribution in [2.24, 2.45) is 0 Å². The van der Waals surface area contributed by atoms with Gasteiger partial charge >= 0.3 is 0 Å². The van der Waals surface area contributed by atoms with Crippen LogP contribution in [0.15, 0.2) is 24.3 Å². The van der Waals surface area contributed by atoms with Gasteiger partial charge in [0.15, 0.2) is 13.1 Å². The lowest BCUT2D eigenvalue weighted by molar-refractivity contribution is -0.885. The zero-order chi connectivity index (χ0) is 14.4. The molecule has 6 heteroatoms. The molecule has 0 saturated carbocycles. The molecule has 2 rings (SSSR count). The van der Waals surface area contributed by atoms with Gasteiger partial charge in [0.25, 0.3) is 11.8 Å². The highest BCUT2D eigenvalue weighted by atomic mass is 16.5. The molecule has 2 amide bonds. The second-order valence-corrected chi connectivity index (χ2v) is 4.71. The number of nitrogens with one attached hydrogen (secondary N) is 3. The van der Waals surface area contributed by atoms with Crippen LogP contribution in [0.25, 0.3) is 0 Å². The van der Waals surface area contributed by atoms with Gasteiger partial charge in [-0.2, -0.15) is 0 Å². The molecule has 0 aromatic heterocycles. The lowest BCUT2D eigenvalue weighted by atomic mass is 10.3. The number of hydrogen-bond acceptors (Lipinski definition) is 3. The summed E-state index contributed by atoms with van der Waals surface area (Å²) in [6.07, 6.45) is 0. The quantitative estimate of drug-likeness (QED) is 0.649. The fraction of sp³-hybridized carbons (Fsp3) is 0.429. The highest BCUT2D eigenvalue weighted by molar-refractivity contribution is 5.91. The van der Waals surface area contributed by atoms with Crippen LogP contribution in [-0.2, 0) is 9.59 Å². The maximum Gasteiger partial charge on any atom is 0.279 e. The monoisotopic (exact) mass is 278 g/mol. The van der Waals surface area contributed by atoms with Gasteiger partial charge in [0, 0.05) is 5.69 Å². The molecule has 1 aromatic rings. The van der Waals surface area contributed by atoms with Crippen molar-refractivity contribution in [2.45, 2.75) is 6.92 Å². The van der Waals surface area contributed by atoms with E-state index in [-0.39, 0.29) is 11.8 Å². The Labute approximate surface area is 118 Å². The number of anilines is 1. The summed E-state index contributed by atoms with van der Waals surface area (Å²) in [6, 6.07) is 7.25. The minimum Gasteiger partial charge on any atom is -0.494 e. The minimum absolute atomic E-state index is 0.000109. The third-order valence-electron chi connectivity index (χ3n) is 3.07. The molecule has 1 aliphatic heterocycles. The first-order chi connectivity index (χ1) is 9.67. The van der Waals surface area contributed by atoms with Gasteiger partial charge in [-0.15, -0.1) is 0 Å². The van der Waals surface area contributed by atoms with Gasteiger partial charge < -0.3 is 20.3 Å². The summed E-state index contributed by atoms with van der Waals surface area (Å²) in [7, 11) is 0. The summed E-state index contributed by atoms with van der Waals surface area (Å²) < 4.78 is 5.34. The zero-order valence-corrected chi connectivity index (χ0v) is 11.6. The maximum absolute atomic E-state index is 11.9. The molecule has 3 N–H and O–H groups in total. The van der Waals surface area contributed by atoms with Crippen LogP contribution in [0.5, 0.6) is 5.75 Å². The lowest BCUT2D eigenvalue weighted by Crippen LogP contribution is -3.16. The molecule has 1 aliphatic rings. The van der Waals surface area contributed by atoms with E-state index in [1.165, 1.54) is 0 Å². The predicted molar refractivity (Wildman–Crippen MR) is 74.8 cm³/mol. The molecule has 20 heavy (non-hydrogen) atoms. The normalized spacial score (nSPS) is 18.2. The summed E-state index contributed by atoms with van der Waals surface area (Å²) in [6.45, 7) is 4.61. The molecule has 0 bridgehead atoms. The Balaban J connectivity index is 1.83. The van der Waals surface area contributed by atoms with E-state index >= 15 is 0 Å². The number of rotatable bonds is 5. The highest BCUT2D eigenvalue weighted by Gasteiger charge is 2.21. The first-order valence-corrected chi connectivity index (χ1v) is 6.80. The molecule has 1 heterocycles. The van der Waals surface area contributed by atoms with Gasteiger partial charge in [0.1, 0.15) is 5.75 Å². The van der Waals surface area contributed by atoms with Crippen molar-refractivity contribution in [2.75, 3.05) is 38.1 Å². The average molecular weight is 278 g/mol. The van der Waals surface area contributed by atoms with Crippen molar-refractivity contribution < 1.29 is 19.2 Å². The second kappa shape index (κ2) is 6.91. The van der Waals surface area contributed by atoms with Crippen LogP contribution in [0, 0.1) is 0 Å². The van der Waals surface area contributed by atoms with E-state index < -0.39 is 0 Å². The minimum atomic E-state index is -0.0844. The number of amides is 2. The molecule has 0 spiro atoms. The van der Waals surface area contributed by atoms with Gasteiger partial charge in [-0.05, 0) is 31.2 Å². The standard InChI is InChI=1S/C14H19N3O3/c1-2-20-12-5-3-11(4-6-12)16-14(19)10-17-8-7-15-13(18)9-17/h3-6H,2,7-10H2,1H3,(H,15,18)(H,16,19)/p+1. The van der Waals surface area contributed by atoms with Crippen molar-refractivity contribution in [3.8, 4) is 5.75 Å². The molecule has 1 saturated heterocycles. The molecule has 0 radical (unpaired) electrons. The van der Waals surface area contributed by atoms with Gasteiger partial charge in [-0.1, -0.05) is 0 Å². The van der Waals surface area contributed by atoms with E-state index in [1.54, 1.807) is 12.1 Å². The third-order valence-corrected chi connectivity index (χ3v) is 3.07. The molecule has 1 aromatic carbocycles. The summed E-state index contributed by atoms with van der Waals surface area (Å²) in [5, 5.41) is 5.57. The molecule has 0 aliphatic carbocycles. The van der Waals surface area contributed by atoms with Crippen molar-refractivity contribution in [3.05, 3.63) is 24.3 Å². The Morgan fingerprint density at radius 2 is 2.15 bits per heavy atom. The Bertz CT molecular complexity index is 473. The largest absolute Gasteiger partial charge is 0.494 e. The van der Waals surface area contributed by atoms with Crippen LogP contribution in [-0.4, -0.2) is 44.6 Å². The fourth-order valence-corrected chi connectivity index (χ4v) is 2.14. The smallest absolute Gasteiger partial charge is 0.279 e. The molecule has 108 valence electrons. The van der Waals surface area contributed by atoms with Crippen LogP contribution >= 0.6 is 0 Å². The van der Waals surface area contributed by atoms with E-state index in [9.17, 15) is 9.59 Å². The summed E-state index contributed by atoms with van der Waals surface area (Å²) in [4.78, 5) is 24.1. The number of carbonyl (C=O) groups excluding carboxylic acids is 2. The summed E-state index contributed by atoms with van der Waals surface area (Å²) in [5.74, 6) is 0.697. The van der Waals surface area contributed by atoms with Crippen LogP contribution in [0.4, 0.5) is 5.69 Å². The Kier molecular flexibility index (Phi) is 4.95. The molecular formula is C14H20N3O3+. The maximum atomic E-state index is 11.9. The van der Waals surface area contributed by atoms with E-state index in [1.807, 2.05) is 19.1 Å². The van der Waals surface area contributed by atoms with Gasteiger partial charge in [0.2, 0.25) is 0 Å². The zero-order valence-electron chi connectivity index (χ0n) is 11.6. The van der Waals surface area contributed by atoms with Crippen LogP contribution < -0.4 is 20.3 Å². The van der Waals surface area contributed by atoms with E-state index in [0.717, 1.165) is 22.9 Å². The van der Waals surface area contributed by atoms with E-state index in [4.69, 9.17) is 4.74 Å². The number of ether oxygens (including phenoxy) is 1. The first-order valence-electron chi connectivity index (χ1n) is 6.80. The van der Waals surface area contributed by atoms with Crippen LogP contribution in [0.1, 0.15) is 6.92 Å². The Morgan fingerprint density at radius 3 is 2.80 bits per heavy atom. The van der Waals surface area contributed by atoms with Gasteiger partial charge in [-0.25, -0.2) is 0 Å². The fourth-order valence-electron chi connectivity index (χ4n) is 2.14. The number of hydrogen-bond donors (Lipinski definition) is 3. The number of quaternary nitrogens is 1. The number of carbonyl (C=O) groups is 2. The lowest BCUT2D eigenvalue weighted by Gasteiger charge is -2.22. The molecule has 1 atom stereocenters. The Hall–Kier alpha value is -2.08. The first kappa shape index (κ1) is 14.3. The SMILES string of the molecule is CCOc1ccc(NC(=O)C[NH+]2CCNC(=O)C2)cc1. The highest BCUT2D eigenvalue weighted by Crippen LogP contribution is 2.15. The number of piperazine rings is 1.